The largest absolute Gasteiger partial charge is 0.492 e. The van der Waals surface area contributed by atoms with Gasteiger partial charge in [0.1, 0.15) is 11.4 Å². The third-order valence-corrected chi connectivity index (χ3v) is 2.75. The van der Waals surface area contributed by atoms with E-state index in [0.29, 0.717) is 6.20 Å². The van der Waals surface area contributed by atoms with E-state index in [9.17, 15) is 17.6 Å². The van der Waals surface area contributed by atoms with Crippen molar-refractivity contribution in [2.45, 2.75) is 6.18 Å². The number of nitrogens with zero attached hydrogens (tertiary/aromatic N) is 2. The van der Waals surface area contributed by atoms with E-state index < -0.39 is 17.6 Å². The van der Waals surface area contributed by atoms with E-state index in [-0.39, 0.29) is 23.2 Å². The number of nitrogens with one attached hydrogen (secondary N) is 2. The van der Waals surface area contributed by atoms with Crippen LogP contribution in [-0.2, 0) is 6.18 Å². The van der Waals surface area contributed by atoms with Crippen molar-refractivity contribution in [1.82, 2.24) is 9.97 Å². The molecule has 0 aliphatic carbocycles. The second-order valence-electron chi connectivity index (χ2n) is 4.15. The maximum absolute atomic E-state index is 13.6. The molecular formula is C13H12F4N4O. The third kappa shape index (κ3) is 3.18. The number of aromatic nitrogens is 2. The predicted octanol–water partition coefficient (Wildman–Crippen LogP) is 3.43. The van der Waals surface area contributed by atoms with Crippen molar-refractivity contribution in [1.29, 1.82) is 0 Å². The first-order chi connectivity index (χ1) is 10.4. The summed E-state index contributed by atoms with van der Waals surface area (Å²) in [6, 6.07) is 4.10. The summed E-state index contributed by atoms with van der Waals surface area (Å²) in [5.41, 5.74) is -0.795. The van der Waals surface area contributed by atoms with Crippen LogP contribution in [0.15, 0.2) is 24.4 Å². The van der Waals surface area contributed by atoms with Crippen LogP contribution < -0.4 is 15.4 Å². The number of halogens is 4. The molecule has 118 valence electrons. The first kappa shape index (κ1) is 15.8. The Kier molecular flexibility index (Phi) is 4.34. The lowest BCUT2D eigenvalue weighted by Gasteiger charge is -2.14. The van der Waals surface area contributed by atoms with Crippen molar-refractivity contribution >= 4 is 17.5 Å². The number of hydrogen-bond acceptors (Lipinski definition) is 5. The number of anilines is 3. The summed E-state index contributed by atoms with van der Waals surface area (Å²) >= 11 is 0. The molecule has 1 aromatic carbocycles. The fourth-order valence-electron chi connectivity index (χ4n) is 1.78. The Morgan fingerprint density at radius 3 is 2.55 bits per heavy atom. The van der Waals surface area contributed by atoms with Gasteiger partial charge in [-0.3, -0.25) is 0 Å². The summed E-state index contributed by atoms with van der Waals surface area (Å²) in [4.78, 5) is 7.32. The Labute approximate surface area is 123 Å². The normalized spacial score (nSPS) is 11.2. The number of alkyl halides is 3. The van der Waals surface area contributed by atoms with Crippen LogP contribution in [0.1, 0.15) is 5.56 Å². The minimum Gasteiger partial charge on any atom is -0.492 e. The first-order valence-corrected chi connectivity index (χ1v) is 6.08. The number of methoxy groups -OCH3 is 1. The maximum Gasteiger partial charge on any atom is 0.421 e. The van der Waals surface area contributed by atoms with E-state index in [1.165, 1.54) is 32.4 Å². The number of para-hydroxylation sites is 1. The Hall–Kier alpha value is -2.58. The smallest absolute Gasteiger partial charge is 0.421 e. The molecule has 0 saturated heterocycles. The lowest BCUT2D eigenvalue weighted by Crippen LogP contribution is -2.12. The molecule has 0 spiro atoms. The van der Waals surface area contributed by atoms with E-state index in [1.54, 1.807) is 0 Å². The van der Waals surface area contributed by atoms with Crippen LogP contribution in [0.25, 0.3) is 0 Å². The van der Waals surface area contributed by atoms with Gasteiger partial charge in [-0.2, -0.15) is 18.2 Å². The molecule has 1 heterocycles. The van der Waals surface area contributed by atoms with Crippen molar-refractivity contribution in [2.24, 2.45) is 0 Å². The molecule has 2 rings (SSSR count). The highest BCUT2D eigenvalue weighted by molar-refractivity contribution is 5.64. The minimum absolute atomic E-state index is 0.0861. The monoisotopic (exact) mass is 316 g/mol. The molecule has 0 amide bonds. The molecule has 1 aromatic heterocycles. The first-order valence-electron chi connectivity index (χ1n) is 6.08. The van der Waals surface area contributed by atoms with Gasteiger partial charge >= 0.3 is 6.18 Å². The maximum atomic E-state index is 13.6. The molecule has 0 atom stereocenters. The SMILES string of the molecule is CNc1nc(Nc2cccc(F)c2OC)ncc1C(F)(F)F. The van der Waals surface area contributed by atoms with Gasteiger partial charge in [-0.25, -0.2) is 9.37 Å². The summed E-state index contributed by atoms with van der Waals surface area (Å²) in [6.07, 6.45) is -3.93. The van der Waals surface area contributed by atoms with Crippen LogP contribution in [0.5, 0.6) is 5.75 Å². The average Bonchev–Trinajstić information content (AvgIpc) is 2.46. The summed E-state index contributed by atoms with van der Waals surface area (Å²) in [6.45, 7) is 0. The zero-order chi connectivity index (χ0) is 16.3. The summed E-state index contributed by atoms with van der Waals surface area (Å²) < 4.78 is 56.7. The van der Waals surface area contributed by atoms with Crippen LogP contribution in [0.3, 0.4) is 0 Å². The molecule has 2 N–H and O–H groups in total. The molecule has 0 aliphatic heterocycles. The second-order valence-corrected chi connectivity index (χ2v) is 4.15. The second kappa shape index (κ2) is 6.04. The number of ether oxygens (including phenoxy) is 1. The quantitative estimate of drug-likeness (QED) is 0.846. The van der Waals surface area contributed by atoms with Gasteiger partial charge in [-0.15, -0.1) is 0 Å². The molecule has 0 fully saturated rings. The van der Waals surface area contributed by atoms with E-state index in [2.05, 4.69) is 20.6 Å². The van der Waals surface area contributed by atoms with Gasteiger partial charge in [-0.05, 0) is 12.1 Å². The molecule has 0 unspecified atom stereocenters. The van der Waals surface area contributed by atoms with Crippen molar-refractivity contribution < 1.29 is 22.3 Å². The van der Waals surface area contributed by atoms with Crippen LogP contribution >= 0.6 is 0 Å². The number of hydrogen-bond donors (Lipinski definition) is 2. The molecule has 0 bridgehead atoms. The van der Waals surface area contributed by atoms with Gasteiger partial charge in [0.2, 0.25) is 5.95 Å². The molecule has 0 radical (unpaired) electrons. The van der Waals surface area contributed by atoms with E-state index >= 15 is 0 Å². The van der Waals surface area contributed by atoms with E-state index in [4.69, 9.17) is 4.74 Å². The fraction of sp³-hybridized carbons (Fsp3) is 0.231. The van der Waals surface area contributed by atoms with Crippen molar-refractivity contribution in [3.63, 3.8) is 0 Å². The topological polar surface area (TPSA) is 59.1 Å². The molecule has 22 heavy (non-hydrogen) atoms. The minimum atomic E-state index is -4.58. The average molecular weight is 316 g/mol. The fourth-order valence-corrected chi connectivity index (χ4v) is 1.78. The van der Waals surface area contributed by atoms with Gasteiger partial charge in [-0.1, -0.05) is 6.07 Å². The van der Waals surface area contributed by atoms with Gasteiger partial charge in [0.15, 0.2) is 11.6 Å². The highest BCUT2D eigenvalue weighted by Crippen LogP contribution is 2.34. The molecule has 0 saturated carbocycles. The van der Waals surface area contributed by atoms with Crippen molar-refractivity contribution in [3.8, 4) is 5.75 Å². The lowest BCUT2D eigenvalue weighted by molar-refractivity contribution is -0.137. The molecular weight excluding hydrogens is 304 g/mol. The lowest BCUT2D eigenvalue weighted by atomic mass is 10.2. The van der Waals surface area contributed by atoms with E-state index in [0.717, 1.165) is 0 Å². The number of rotatable bonds is 4. The van der Waals surface area contributed by atoms with Crippen LogP contribution in [0.2, 0.25) is 0 Å². The Morgan fingerprint density at radius 2 is 1.95 bits per heavy atom. The molecule has 2 aromatic rings. The Balaban J connectivity index is 2.38. The van der Waals surface area contributed by atoms with Crippen molar-refractivity contribution in [3.05, 3.63) is 35.8 Å². The summed E-state index contributed by atoms with van der Waals surface area (Å²) in [7, 11) is 2.58. The number of benzene rings is 1. The Bertz CT molecular complexity index is 676. The zero-order valence-corrected chi connectivity index (χ0v) is 11.6. The van der Waals surface area contributed by atoms with Crippen LogP contribution in [-0.4, -0.2) is 24.1 Å². The third-order valence-electron chi connectivity index (χ3n) is 2.75. The zero-order valence-electron chi connectivity index (χ0n) is 11.6. The standard InChI is InChI=1S/C13H12F4N4O/c1-18-11-7(13(15,16)17)6-19-12(21-11)20-9-5-3-4-8(14)10(9)22-2/h3-6H,1-2H3,(H2,18,19,20,21). The van der Waals surface area contributed by atoms with Gasteiger partial charge < -0.3 is 15.4 Å². The molecule has 9 heteroatoms. The summed E-state index contributed by atoms with van der Waals surface area (Å²) in [5.74, 6) is -1.22. The molecule has 0 aliphatic rings. The van der Waals surface area contributed by atoms with Gasteiger partial charge in [0.05, 0.1) is 12.8 Å². The van der Waals surface area contributed by atoms with Crippen molar-refractivity contribution in [2.75, 3.05) is 24.8 Å². The van der Waals surface area contributed by atoms with Gasteiger partial charge in [0.25, 0.3) is 0 Å². The van der Waals surface area contributed by atoms with Crippen LogP contribution in [0.4, 0.5) is 35.0 Å². The Morgan fingerprint density at radius 1 is 1.23 bits per heavy atom. The predicted molar refractivity (Wildman–Crippen MR) is 72.8 cm³/mol. The summed E-state index contributed by atoms with van der Waals surface area (Å²) in [5, 5.41) is 4.97. The highest BCUT2D eigenvalue weighted by atomic mass is 19.4. The highest BCUT2D eigenvalue weighted by Gasteiger charge is 2.35. The molecule has 5 nitrogen and oxygen atoms in total. The van der Waals surface area contributed by atoms with E-state index in [1.807, 2.05) is 0 Å². The van der Waals surface area contributed by atoms with Crippen LogP contribution in [0, 0.1) is 5.82 Å². The van der Waals surface area contributed by atoms with Gasteiger partial charge in [0, 0.05) is 13.2 Å².